The highest BCUT2D eigenvalue weighted by Gasteiger charge is 2.50. The van der Waals surface area contributed by atoms with Crippen LogP contribution in [0.15, 0.2) is 60.2 Å². The van der Waals surface area contributed by atoms with Crippen molar-refractivity contribution in [2.75, 3.05) is 19.0 Å². The van der Waals surface area contributed by atoms with Crippen molar-refractivity contribution >= 4 is 11.6 Å². The highest BCUT2D eigenvalue weighted by Crippen LogP contribution is 2.45. The van der Waals surface area contributed by atoms with E-state index in [1.165, 1.54) is 0 Å². The number of ether oxygens (including phenoxy) is 3. The van der Waals surface area contributed by atoms with E-state index in [0.717, 1.165) is 28.3 Å². The molecule has 2 atom stereocenters. The number of carbonyl (C=O) groups is 1. The van der Waals surface area contributed by atoms with E-state index in [0.29, 0.717) is 13.0 Å². The van der Waals surface area contributed by atoms with Gasteiger partial charge in [0.2, 0.25) is 0 Å². The van der Waals surface area contributed by atoms with E-state index < -0.39 is 5.60 Å². The summed E-state index contributed by atoms with van der Waals surface area (Å²) in [4.78, 5) is 12.7. The molecular formula is C21H21NO4. The smallest absolute Gasteiger partial charge is 0.261 e. The fourth-order valence-electron chi connectivity index (χ4n) is 3.62. The fraction of sp³-hybridized carbons (Fsp3) is 0.286. The van der Waals surface area contributed by atoms with Crippen molar-refractivity contribution in [2.24, 2.45) is 0 Å². The van der Waals surface area contributed by atoms with E-state index in [2.05, 4.69) is 5.32 Å². The van der Waals surface area contributed by atoms with Crippen LogP contribution < -0.4 is 14.8 Å². The predicted molar refractivity (Wildman–Crippen MR) is 98.5 cm³/mol. The van der Waals surface area contributed by atoms with Crippen LogP contribution in [-0.4, -0.2) is 25.7 Å². The molecule has 134 valence electrons. The number of hydrogen-bond donors (Lipinski definition) is 1. The molecule has 26 heavy (non-hydrogen) atoms. The molecule has 2 heterocycles. The third-order valence-electron chi connectivity index (χ3n) is 4.80. The van der Waals surface area contributed by atoms with Crippen molar-refractivity contribution in [1.82, 2.24) is 0 Å². The summed E-state index contributed by atoms with van der Waals surface area (Å²) in [7, 11) is 1.63. The molecule has 1 N–H and O–H groups in total. The highest BCUT2D eigenvalue weighted by atomic mass is 16.6. The van der Waals surface area contributed by atoms with Gasteiger partial charge in [0.15, 0.2) is 5.60 Å². The van der Waals surface area contributed by atoms with Gasteiger partial charge >= 0.3 is 0 Å². The molecule has 0 bridgehead atoms. The molecule has 0 unspecified atom stereocenters. The molecule has 5 nitrogen and oxygen atoms in total. The Balaban J connectivity index is 1.53. The van der Waals surface area contributed by atoms with Gasteiger partial charge in [0.05, 0.1) is 7.11 Å². The Labute approximate surface area is 152 Å². The minimum absolute atomic E-state index is 0.111. The number of benzene rings is 2. The SMILES string of the molecule is COc1ccc(OC[C@H]2C=C(C)C[C@@]3(O2)C(=O)Nc2ccccc23)cc1. The lowest BCUT2D eigenvalue weighted by atomic mass is 9.85. The summed E-state index contributed by atoms with van der Waals surface area (Å²) in [6.07, 6.45) is 2.28. The molecule has 4 rings (SSSR count). The van der Waals surface area contributed by atoms with Crippen molar-refractivity contribution in [1.29, 1.82) is 0 Å². The first-order valence-corrected chi connectivity index (χ1v) is 8.64. The maximum absolute atomic E-state index is 12.7. The molecule has 0 aromatic heterocycles. The minimum atomic E-state index is -0.969. The molecule has 1 amide bonds. The third kappa shape index (κ3) is 2.84. The van der Waals surface area contributed by atoms with Crippen LogP contribution in [0.1, 0.15) is 18.9 Å². The molecule has 0 saturated carbocycles. The number of amides is 1. The number of carbonyl (C=O) groups excluding carboxylic acids is 1. The first kappa shape index (κ1) is 16.7. The second-order valence-electron chi connectivity index (χ2n) is 6.66. The van der Waals surface area contributed by atoms with Gasteiger partial charge < -0.3 is 19.5 Å². The average Bonchev–Trinajstić information content (AvgIpc) is 2.91. The lowest BCUT2D eigenvalue weighted by Crippen LogP contribution is -2.44. The Bertz CT molecular complexity index is 859. The summed E-state index contributed by atoms with van der Waals surface area (Å²) in [6.45, 7) is 2.36. The molecule has 2 aliphatic rings. The van der Waals surface area contributed by atoms with Crippen LogP contribution in [0.4, 0.5) is 5.69 Å². The zero-order chi connectivity index (χ0) is 18.1. The van der Waals surface area contributed by atoms with Crippen LogP contribution >= 0.6 is 0 Å². The Morgan fingerprint density at radius 3 is 2.65 bits per heavy atom. The third-order valence-corrected chi connectivity index (χ3v) is 4.80. The molecule has 1 spiro atoms. The Kier molecular flexibility index (Phi) is 4.17. The maximum Gasteiger partial charge on any atom is 0.261 e. The van der Waals surface area contributed by atoms with E-state index >= 15 is 0 Å². The van der Waals surface area contributed by atoms with Crippen molar-refractivity contribution in [3.63, 3.8) is 0 Å². The van der Waals surface area contributed by atoms with E-state index in [4.69, 9.17) is 14.2 Å². The summed E-state index contributed by atoms with van der Waals surface area (Å²) in [5.74, 6) is 1.40. The average molecular weight is 351 g/mol. The van der Waals surface area contributed by atoms with Gasteiger partial charge in [-0.3, -0.25) is 4.79 Å². The summed E-state index contributed by atoms with van der Waals surface area (Å²) in [5.41, 5.74) is 1.86. The van der Waals surface area contributed by atoms with Crippen LogP contribution in [0.3, 0.4) is 0 Å². The Morgan fingerprint density at radius 2 is 1.88 bits per heavy atom. The number of nitrogens with one attached hydrogen (secondary N) is 1. The largest absolute Gasteiger partial charge is 0.497 e. The number of rotatable bonds is 4. The second-order valence-corrected chi connectivity index (χ2v) is 6.66. The van der Waals surface area contributed by atoms with Crippen LogP contribution in [0.25, 0.3) is 0 Å². The van der Waals surface area contributed by atoms with E-state index in [-0.39, 0.29) is 12.0 Å². The standard InChI is InChI=1S/C21H21NO4/c1-14-11-17(13-25-16-9-7-15(24-2)8-10-16)26-21(12-14)18-5-3-4-6-19(18)22-20(21)23/h3-11,17H,12-13H2,1-2H3,(H,22,23)/t17-,21+/m1/s1. The fourth-order valence-corrected chi connectivity index (χ4v) is 3.62. The Morgan fingerprint density at radius 1 is 1.15 bits per heavy atom. The molecule has 0 saturated heterocycles. The quantitative estimate of drug-likeness (QED) is 0.854. The molecule has 0 radical (unpaired) electrons. The van der Waals surface area contributed by atoms with Crippen LogP contribution in [0, 0.1) is 0 Å². The molecule has 0 aliphatic carbocycles. The maximum atomic E-state index is 12.7. The number of methoxy groups -OCH3 is 1. The van der Waals surface area contributed by atoms with E-state index in [1.54, 1.807) is 7.11 Å². The lowest BCUT2D eigenvalue weighted by molar-refractivity contribution is -0.151. The van der Waals surface area contributed by atoms with E-state index in [1.807, 2.05) is 61.5 Å². The van der Waals surface area contributed by atoms with Crippen molar-refractivity contribution in [3.05, 3.63) is 65.7 Å². The zero-order valence-electron chi connectivity index (χ0n) is 14.8. The first-order valence-electron chi connectivity index (χ1n) is 8.64. The molecule has 2 aromatic rings. The molecular weight excluding hydrogens is 330 g/mol. The first-order chi connectivity index (χ1) is 12.6. The highest BCUT2D eigenvalue weighted by molar-refractivity contribution is 6.05. The monoisotopic (exact) mass is 351 g/mol. The van der Waals surface area contributed by atoms with Gasteiger partial charge in [-0.1, -0.05) is 29.8 Å². The van der Waals surface area contributed by atoms with Crippen molar-refractivity contribution in [2.45, 2.75) is 25.0 Å². The summed E-state index contributed by atoms with van der Waals surface area (Å²) in [5, 5.41) is 2.94. The molecule has 5 heteroatoms. The van der Waals surface area contributed by atoms with Crippen LogP contribution in [0.2, 0.25) is 0 Å². The topological polar surface area (TPSA) is 56.8 Å². The second kappa shape index (κ2) is 6.50. The number of anilines is 1. The lowest BCUT2D eigenvalue weighted by Gasteiger charge is -2.35. The number of fused-ring (bicyclic) bond motifs is 2. The van der Waals surface area contributed by atoms with Gasteiger partial charge in [-0.05, 0) is 37.3 Å². The van der Waals surface area contributed by atoms with Gasteiger partial charge in [-0.15, -0.1) is 0 Å². The summed E-state index contributed by atoms with van der Waals surface area (Å²) in [6, 6.07) is 15.1. The predicted octanol–water partition coefficient (Wildman–Crippen LogP) is 3.66. The Hall–Kier alpha value is -2.79. The van der Waals surface area contributed by atoms with Gasteiger partial charge in [0.1, 0.15) is 24.2 Å². The summed E-state index contributed by atoms with van der Waals surface area (Å²) >= 11 is 0. The van der Waals surface area contributed by atoms with Gasteiger partial charge in [-0.25, -0.2) is 0 Å². The number of para-hydroxylation sites is 1. The van der Waals surface area contributed by atoms with E-state index in [9.17, 15) is 4.79 Å². The zero-order valence-corrected chi connectivity index (χ0v) is 14.8. The van der Waals surface area contributed by atoms with Crippen molar-refractivity contribution < 1.29 is 19.0 Å². The minimum Gasteiger partial charge on any atom is -0.497 e. The molecule has 2 aliphatic heterocycles. The summed E-state index contributed by atoms with van der Waals surface area (Å²) < 4.78 is 17.3. The number of hydrogen-bond acceptors (Lipinski definition) is 4. The molecule has 0 fully saturated rings. The molecule has 2 aromatic carbocycles. The van der Waals surface area contributed by atoms with Gasteiger partial charge in [-0.2, -0.15) is 0 Å². The van der Waals surface area contributed by atoms with Crippen LogP contribution in [-0.2, 0) is 15.1 Å². The normalized spacial score (nSPS) is 24.0. The van der Waals surface area contributed by atoms with Gasteiger partial charge in [0, 0.05) is 17.7 Å². The van der Waals surface area contributed by atoms with Crippen molar-refractivity contribution in [3.8, 4) is 11.5 Å². The van der Waals surface area contributed by atoms with Gasteiger partial charge in [0.25, 0.3) is 5.91 Å². The van der Waals surface area contributed by atoms with Crippen LogP contribution in [0.5, 0.6) is 11.5 Å².